The number of fused-ring (bicyclic) bond motifs is 1. The van der Waals surface area contributed by atoms with Gasteiger partial charge in [0.1, 0.15) is 0 Å². The van der Waals surface area contributed by atoms with Gasteiger partial charge >= 0.3 is 5.97 Å². The Balaban J connectivity index is 1.61. The third-order valence-corrected chi connectivity index (χ3v) is 6.36. The van der Waals surface area contributed by atoms with Crippen LogP contribution in [-0.4, -0.2) is 33.5 Å². The molecule has 1 N–H and O–H groups in total. The van der Waals surface area contributed by atoms with Crippen LogP contribution in [0.5, 0.6) is 0 Å². The maximum Gasteiger partial charge on any atom is 0.338 e. The lowest BCUT2D eigenvalue weighted by Crippen LogP contribution is -2.38. The summed E-state index contributed by atoms with van der Waals surface area (Å²) in [5, 5.41) is 6.12. The molecule has 7 nitrogen and oxygen atoms in total. The van der Waals surface area contributed by atoms with Gasteiger partial charge < -0.3 is 15.0 Å². The van der Waals surface area contributed by atoms with E-state index in [1.165, 1.54) is 11.8 Å². The van der Waals surface area contributed by atoms with E-state index >= 15 is 0 Å². The van der Waals surface area contributed by atoms with Crippen molar-refractivity contribution in [2.24, 2.45) is 4.99 Å². The van der Waals surface area contributed by atoms with Gasteiger partial charge in [0.15, 0.2) is 5.17 Å². The molecule has 1 atom stereocenters. The SMILES string of the molecule is CCOC(=O)C1=C(C)N=C2SC=C(CC(=O)NCc3ccncc3)N2[C@H]1c1cccc(Cl)c1. The van der Waals surface area contributed by atoms with E-state index in [0.717, 1.165) is 16.8 Å². The smallest absolute Gasteiger partial charge is 0.338 e. The normalized spacial score (nSPS) is 17.3. The van der Waals surface area contributed by atoms with Crippen LogP contribution in [0, 0.1) is 0 Å². The highest BCUT2D eigenvalue weighted by Crippen LogP contribution is 2.45. The van der Waals surface area contributed by atoms with Gasteiger partial charge in [0, 0.05) is 29.7 Å². The Labute approximate surface area is 201 Å². The number of pyridine rings is 1. The van der Waals surface area contributed by atoms with Gasteiger partial charge in [-0.3, -0.25) is 9.78 Å². The number of aromatic nitrogens is 1. The van der Waals surface area contributed by atoms with Gasteiger partial charge in [0.2, 0.25) is 5.91 Å². The molecular formula is C24H23ClN4O3S. The van der Waals surface area contributed by atoms with Crippen molar-refractivity contribution in [3.8, 4) is 0 Å². The molecular weight excluding hydrogens is 460 g/mol. The number of ether oxygens (including phenoxy) is 1. The zero-order chi connectivity index (χ0) is 23.4. The van der Waals surface area contributed by atoms with Crippen molar-refractivity contribution in [2.75, 3.05) is 6.61 Å². The van der Waals surface area contributed by atoms with Crippen LogP contribution in [0.3, 0.4) is 0 Å². The monoisotopic (exact) mass is 482 g/mol. The molecule has 0 spiro atoms. The number of esters is 1. The second-order valence-electron chi connectivity index (χ2n) is 7.48. The van der Waals surface area contributed by atoms with Gasteiger partial charge in [-0.25, -0.2) is 9.79 Å². The second kappa shape index (κ2) is 10.2. The van der Waals surface area contributed by atoms with Crippen molar-refractivity contribution in [2.45, 2.75) is 32.9 Å². The number of hydrogen-bond acceptors (Lipinski definition) is 7. The van der Waals surface area contributed by atoms with Gasteiger partial charge in [-0.2, -0.15) is 0 Å². The highest BCUT2D eigenvalue weighted by molar-refractivity contribution is 8.16. The lowest BCUT2D eigenvalue weighted by molar-refractivity contribution is -0.139. The Kier molecular flexibility index (Phi) is 7.15. The number of amidine groups is 1. The summed E-state index contributed by atoms with van der Waals surface area (Å²) in [6, 6.07) is 10.6. The first-order chi connectivity index (χ1) is 16.0. The number of thioether (sulfide) groups is 1. The first-order valence-corrected chi connectivity index (χ1v) is 11.8. The molecule has 0 saturated carbocycles. The average molecular weight is 483 g/mol. The van der Waals surface area contributed by atoms with Crippen LogP contribution in [0.2, 0.25) is 5.02 Å². The quantitative estimate of drug-likeness (QED) is 0.581. The van der Waals surface area contributed by atoms with Crippen molar-refractivity contribution < 1.29 is 14.3 Å². The molecule has 3 heterocycles. The topological polar surface area (TPSA) is 83.9 Å². The van der Waals surface area contributed by atoms with E-state index in [4.69, 9.17) is 16.3 Å². The number of nitrogens with one attached hydrogen (secondary N) is 1. The van der Waals surface area contributed by atoms with Crippen molar-refractivity contribution in [1.29, 1.82) is 0 Å². The third-order valence-electron chi connectivity index (χ3n) is 5.24. The number of rotatable bonds is 7. The summed E-state index contributed by atoms with van der Waals surface area (Å²) in [7, 11) is 0. The lowest BCUT2D eigenvalue weighted by atomic mass is 9.94. The molecule has 9 heteroatoms. The average Bonchev–Trinajstić information content (AvgIpc) is 3.19. The number of nitrogens with zero attached hydrogens (tertiary/aromatic N) is 3. The van der Waals surface area contributed by atoms with E-state index in [2.05, 4.69) is 15.3 Å². The number of carbonyl (C=O) groups excluding carboxylic acids is 2. The zero-order valence-electron chi connectivity index (χ0n) is 18.2. The van der Waals surface area contributed by atoms with Crippen LogP contribution in [0.4, 0.5) is 0 Å². The number of carbonyl (C=O) groups is 2. The fraction of sp³-hybridized carbons (Fsp3) is 0.250. The largest absolute Gasteiger partial charge is 0.463 e. The summed E-state index contributed by atoms with van der Waals surface area (Å²) in [6.45, 7) is 4.23. The van der Waals surface area contributed by atoms with Crippen molar-refractivity contribution in [3.05, 3.63) is 87.3 Å². The minimum Gasteiger partial charge on any atom is -0.463 e. The molecule has 1 amide bonds. The van der Waals surface area contributed by atoms with E-state index in [0.29, 0.717) is 28.0 Å². The summed E-state index contributed by atoms with van der Waals surface area (Å²) in [6.07, 6.45) is 3.52. The molecule has 2 aliphatic heterocycles. The molecule has 2 aromatic rings. The van der Waals surface area contributed by atoms with Gasteiger partial charge in [-0.05, 0) is 54.6 Å². The molecule has 1 aromatic carbocycles. The van der Waals surface area contributed by atoms with E-state index in [-0.39, 0.29) is 18.9 Å². The number of amides is 1. The van der Waals surface area contributed by atoms with Crippen molar-refractivity contribution in [1.82, 2.24) is 15.2 Å². The van der Waals surface area contributed by atoms with E-state index < -0.39 is 12.0 Å². The molecule has 2 aliphatic rings. The van der Waals surface area contributed by atoms with Gasteiger partial charge in [0.05, 0.1) is 30.3 Å². The minimum atomic E-state index is -0.496. The standard InChI is InChI=1S/C24H23ClN4O3S/c1-3-32-23(31)21-15(2)28-24-29(22(21)17-5-4-6-18(25)11-17)19(14-33-24)12-20(30)27-13-16-7-9-26-10-8-16/h4-11,14,22H,3,12-13H2,1-2H3,(H,27,30)/t22-/m0/s1. The van der Waals surface area contributed by atoms with E-state index in [9.17, 15) is 9.59 Å². The minimum absolute atomic E-state index is 0.131. The summed E-state index contributed by atoms with van der Waals surface area (Å²) < 4.78 is 5.35. The van der Waals surface area contributed by atoms with Crippen molar-refractivity contribution in [3.63, 3.8) is 0 Å². The predicted octanol–water partition coefficient (Wildman–Crippen LogP) is 4.58. The second-order valence-corrected chi connectivity index (χ2v) is 8.75. The highest BCUT2D eigenvalue weighted by atomic mass is 35.5. The van der Waals surface area contributed by atoms with Crippen LogP contribution >= 0.6 is 23.4 Å². The van der Waals surface area contributed by atoms with Gasteiger partial charge in [0.25, 0.3) is 0 Å². The summed E-state index contributed by atoms with van der Waals surface area (Å²) in [5.74, 6) is -0.560. The van der Waals surface area contributed by atoms with Crippen molar-refractivity contribution >= 4 is 40.4 Å². The summed E-state index contributed by atoms with van der Waals surface area (Å²) >= 11 is 7.71. The molecule has 33 heavy (non-hydrogen) atoms. The molecule has 0 bridgehead atoms. The molecule has 1 aromatic heterocycles. The summed E-state index contributed by atoms with van der Waals surface area (Å²) in [5.41, 5.74) is 3.57. The first kappa shape index (κ1) is 23.1. The Morgan fingerprint density at radius 2 is 2.03 bits per heavy atom. The Hall–Kier alpha value is -3.10. The van der Waals surface area contributed by atoms with Crippen LogP contribution in [-0.2, 0) is 20.9 Å². The number of benzene rings is 1. The van der Waals surface area contributed by atoms with Crippen LogP contribution in [0.25, 0.3) is 0 Å². The molecule has 170 valence electrons. The fourth-order valence-corrected chi connectivity index (χ4v) is 4.92. The van der Waals surface area contributed by atoms with Gasteiger partial charge in [-0.1, -0.05) is 35.5 Å². The van der Waals surface area contributed by atoms with Crippen LogP contribution < -0.4 is 5.32 Å². The number of allylic oxidation sites excluding steroid dienone is 1. The summed E-state index contributed by atoms with van der Waals surface area (Å²) in [4.78, 5) is 36.3. The Morgan fingerprint density at radius 1 is 1.24 bits per heavy atom. The first-order valence-electron chi connectivity index (χ1n) is 10.5. The molecule has 0 fully saturated rings. The number of aliphatic imine (C=N–C) groups is 1. The Morgan fingerprint density at radius 3 is 2.76 bits per heavy atom. The van der Waals surface area contributed by atoms with E-state index in [1.807, 2.05) is 40.6 Å². The maximum atomic E-state index is 12.9. The number of hydrogen-bond donors (Lipinski definition) is 1. The molecule has 0 aliphatic carbocycles. The lowest BCUT2D eigenvalue weighted by Gasteiger charge is -2.36. The maximum absolute atomic E-state index is 12.9. The molecule has 4 rings (SSSR count). The molecule has 0 radical (unpaired) electrons. The third kappa shape index (κ3) is 5.12. The Bertz CT molecular complexity index is 1160. The van der Waals surface area contributed by atoms with Gasteiger partial charge in [-0.15, -0.1) is 0 Å². The highest BCUT2D eigenvalue weighted by Gasteiger charge is 2.41. The molecule has 0 saturated heterocycles. The zero-order valence-corrected chi connectivity index (χ0v) is 19.8. The van der Waals surface area contributed by atoms with Crippen LogP contribution in [0.1, 0.15) is 37.4 Å². The predicted molar refractivity (Wildman–Crippen MR) is 129 cm³/mol. The van der Waals surface area contributed by atoms with Crippen LogP contribution in [0.15, 0.2) is 76.2 Å². The molecule has 0 unspecified atom stereocenters. The number of halogens is 1. The fourth-order valence-electron chi connectivity index (χ4n) is 3.76. The van der Waals surface area contributed by atoms with E-state index in [1.54, 1.807) is 32.3 Å².